The van der Waals surface area contributed by atoms with Crippen molar-refractivity contribution < 1.29 is 0 Å². The first kappa shape index (κ1) is 11.0. The molecule has 0 heterocycles. The van der Waals surface area contributed by atoms with Gasteiger partial charge in [0.1, 0.15) is 0 Å². The molecule has 0 fully saturated rings. The Bertz CT molecular complexity index is 363. The van der Waals surface area contributed by atoms with E-state index in [9.17, 15) is 0 Å². The van der Waals surface area contributed by atoms with Gasteiger partial charge in [-0.2, -0.15) is 0 Å². The third-order valence-electron chi connectivity index (χ3n) is 1.86. The molecular formula is C11H13BrN2. The molecule has 0 atom stereocenters. The van der Waals surface area contributed by atoms with Gasteiger partial charge in [-0.3, -0.25) is 4.99 Å². The van der Waals surface area contributed by atoms with Gasteiger partial charge in [0.05, 0.1) is 10.2 Å². The zero-order chi connectivity index (χ0) is 10.6. The van der Waals surface area contributed by atoms with E-state index in [1.54, 1.807) is 13.3 Å². The Hall–Kier alpha value is -1.09. The predicted octanol–water partition coefficient (Wildman–Crippen LogP) is 2.72. The van der Waals surface area contributed by atoms with Crippen molar-refractivity contribution in [2.45, 2.75) is 6.92 Å². The molecule has 3 heteroatoms. The van der Waals surface area contributed by atoms with Gasteiger partial charge in [0, 0.05) is 13.3 Å². The highest BCUT2D eigenvalue weighted by atomic mass is 79.9. The third-order valence-corrected chi connectivity index (χ3v) is 2.49. The van der Waals surface area contributed by atoms with Gasteiger partial charge in [0.2, 0.25) is 0 Å². The molecule has 0 saturated carbocycles. The molecule has 0 unspecified atom stereocenters. The zero-order valence-electron chi connectivity index (χ0n) is 8.29. The van der Waals surface area contributed by atoms with Crippen LogP contribution in [0.15, 0.2) is 33.7 Å². The molecule has 74 valence electrons. The van der Waals surface area contributed by atoms with Crippen LogP contribution >= 0.6 is 15.9 Å². The van der Waals surface area contributed by atoms with Gasteiger partial charge >= 0.3 is 0 Å². The van der Waals surface area contributed by atoms with Crippen LogP contribution in [-0.4, -0.2) is 13.3 Å². The Morgan fingerprint density at radius 2 is 1.93 bits per heavy atom. The van der Waals surface area contributed by atoms with Crippen molar-refractivity contribution in [2.75, 3.05) is 7.05 Å². The van der Waals surface area contributed by atoms with E-state index in [0.29, 0.717) is 5.70 Å². The minimum Gasteiger partial charge on any atom is -0.397 e. The van der Waals surface area contributed by atoms with Crippen molar-refractivity contribution in [3.63, 3.8) is 0 Å². The number of aryl methyl sites for hydroxylation is 1. The lowest BCUT2D eigenvalue weighted by Gasteiger charge is -2.03. The lowest BCUT2D eigenvalue weighted by Crippen LogP contribution is -1.99. The lowest BCUT2D eigenvalue weighted by atomic mass is 10.1. The largest absolute Gasteiger partial charge is 0.397 e. The van der Waals surface area contributed by atoms with Crippen LogP contribution in [0.4, 0.5) is 0 Å². The number of hydrogen-bond acceptors (Lipinski definition) is 2. The number of nitrogens with two attached hydrogens (primary N) is 1. The second-order valence-corrected chi connectivity index (χ2v) is 3.87. The quantitative estimate of drug-likeness (QED) is 0.808. The fraction of sp³-hybridized carbons (Fsp3) is 0.182. The molecule has 2 N–H and O–H groups in total. The average Bonchev–Trinajstić information content (AvgIpc) is 2.18. The summed E-state index contributed by atoms with van der Waals surface area (Å²) in [5.41, 5.74) is 8.85. The second kappa shape index (κ2) is 4.96. The SMILES string of the molecule is CN=CC(Br)=C(N)c1ccc(C)cc1. The van der Waals surface area contributed by atoms with Crippen LogP contribution in [0.5, 0.6) is 0 Å². The van der Waals surface area contributed by atoms with Gasteiger partial charge in [0.25, 0.3) is 0 Å². The van der Waals surface area contributed by atoms with Gasteiger partial charge in [-0.1, -0.05) is 29.8 Å². The van der Waals surface area contributed by atoms with Crippen molar-refractivity contribution in [1.82, 2.24) is 0 Å². The smallest absolute Gasteiger partial charge is 0.0589 e. The summed E-state index contributed by atoms with van der Waals surface area (Å²) >= 11 is 3.36. The van der Waals surface area contributed by atoms with Gasteiger partial charge in [-0.05, 0) is 28.4 Å². The summed E-state index contributed by atoms with van der Waals surface area (Å²) in [6, 6.07) is 8.06. The highest BCUT2D eigenvalue weighted by Gasteiger charge is 2.00. The second-order valence-electron chi connectivity index (χ2n) is 3.01. The summed E-state index contributed by atoms with van der Waals surface area (Å²) < 4.78 is 0.809. The van der Waals surface area contributed by atoms with Crippen LogP contribution in [-0.2, 0) is 0 Å². The molecule has 1 rings (SSSR count). The van der Waals surface area contributed by atoms with Crippen LogP contribution < -0.4 is 5.73 Å². The van der Waals surface area contributed by atoms with Crippen LogP contribution in [0.25, 0.3) is 5.70 Å². The Morgan fingerprint density at radius 1 is 1.36 bits per heavy atom. The van der Waals surface area contributed by atoms with E-state index in [0.717, 1.165) is 10.0 Å². The number of halogens is 1. The minimum absolute atomic E-state index is 0.704. The molecule has 0 aliphatic rings. The first-order valence-corrected chi connectivity index (χ1v) is 5.09. The normalized spacial score (nSPS) is 13.1. The molecule has 0 bridgehead atoms. The summed E-state index contributed by atoms with van der Waals surface area (Å²) in [6.45, 7) is 2.05. The van der Waals surface area contributed by atoms with Crippen molar-refractivity contribution in [1.29, 1.82) is 0 Å². The Balaban J connectivity index is 3.05. The maximum absolute atomic E-state index is 5.92. The van der Waals surface area contributed by atoms with E-state index in [4.69, 9.17) is 5.73 Å². The molecule has 1 aromatic carbocycles. The number of aliphatic imine (C=N–C) groups is 1. The van der Waals surface area contributed by atoms with E-state index in [2.05, 4.69) is 20.9 Å². The van der Waals surface area contributed by atoms with Gasteiger partial charge < -0.3 is 5.73 Å². The summed E-state index contributed by atoms with van der Waals surface area (Å²) in [7, 11) is 1.71. The van der Waals surface area contributed by atoms with E-state index in [-0.39, 0.29) is 0 Å². The maximum atomic E-state index is 5.92. The zero-order valence-corrected chi connectivity index (χ0v) is 9.88. The molecule has 0 saturated heterocycles. The van der Waals surface area contributed by atoms with Crippen LogP contribution in [0, 0.1) is 6.92 Å². The van der Waals surface area contributed by atoms with Gasteiger partial charge in [-0.15, -0.1) is 0 Å². The van der Waals surface area contributed by atoms with Gasteiger partial charge in [-0.25, -0.2) is 0 Å². The van der Waals surface area contributed by atoms with Crippen LogP contribution in [0.3, 0.4) is 0 Å². The molecule has 0 aliphatic heterocycles. The number of hydrogen-bond donors (Lipinski definition) is 1. The lowest BCUT2D eigenvalue weighted by molar-refractivity contribution is 1.43. The van der Waals surface area contributed by atoms with E-state index in [1.165, 1.54) is 5.56 Å². The number of allylic oxidation sites excluding steroid dienone is 1. The van der Waals surface area contributed by atoms with Gasteiger partial charge in [0.15, 0.2) is 0 Å². The van der Waals surface area contributed by atoms with Crippen LogP contribution in [0.2, 0.25) is 0 Å². The third kappa shape index (κ3) is 2.70. The molecule has 0 spiro atoms. The van der Waals surface area contributed by atoms with Crippen molar-refractivity contribution in [3.8, 4) is 0 Å². The van der Waals surface area contributed by atoms with Crippen molar-refractivity contribution in [3.05, 3.63) is 39.9 Å². The molecular weight excluding hydrogens is 240 g/mol. The Morgan fingerprint density at radius 3 is 2.43 bits per heavy atom. The fourth-order valence-corrected chi connectivity index (χ4v) is 1.49. The molecule has 0 amide bonds. The highest BCUT2D eigenvalue weighted by molar-refractivity contribution is 9.12. The summed E-state index contributed by atoms with van der Waals surface area (Å²) in [5.74, 6) is 0. The number of benzene rings is 1. The first-order chi connectivity index (χ1) is 6.65. The number of nitrogens with zero attached hydrogens (tertiary/aromatic N) is 1. The maximum Gasteiger partial charge on any atom is 0.0589 e. The highest BCUT2D eigenvalue weighted by Crippen LogP contribution is 2.17. The summed E-state index contributed by atoms with van der Waals surface area (Å²) in [4.78, 5) is 3.89. The average molecular weight is 253 g/mol. The molecule has 2 nitrogen and oxygen atoms in total. The topological polar surface area (TPSA) is 38.4 Å². The van der Waals surface area contributed by atoms with Crippen LogP contribution in [0.1, 0.15) is 11.1 Å². The molecule has 0 aliphatic carbocycles. The molecule has 0 radical (unpaired) electrons. The Kier molecular flexibility index (Phi) is 3.89. The molecule has 14 heavy (non-hydrogen) atoms. The fourth-order valence-electron chi connectivity index (χ4n) is 1.05. The Labute approximate surface area is 92.7 Å². The monoisotopic (exact) mass is 252 g/mol. The van der Waals surface area contributed by atoms with Crippen molar-refractivity contribution >= 4 is 27.8 Å². The molecule has 1 aromatic rings. The van der Waals surface area contributed by atoms with E-state index >= 15 is 0 Å². The van der Waals surface area contributed by atoms with Crippen molar-refractivity contribution in [2.24, 2.45) is 10.7 Å². The summed E-state index contributed by atoms with van der Waals surface area (Å²) in [6.07, 6.45) is 1.69. The predicted molar refractivity (Wildman–Crippen MR) is 65.6 cm³/mol. The summed E-state index contributed by atoms with van der Waals surface area (Å²) in [5, 5.41) is 0. The number of rotatable bonds is 2. The van der Waals surface area contributed by atoms with E-state index in [1.807, 2.05) is 31.2 Å². The standard InChI is InChI=1S/C11H13BrN2/c1-8-3-5-9(6-4-8)11(13)10(12)7-14-2/h3-7H,13H2,1-2H3. The first-order valence-electron chi connectivity index (χ1n) is 4.29. The van der Waals surface area contributed by atoms with E-state index < -0.39 is 0 Å². The molecule has 0 aromatic heterocycles. The minimum atomic E-state index is 0.704.